The lowest BCUT2D eigenvalue weighted by atomic mass is 10.1. The van der Waals surface area contributed by atoms with Crippen LogP contribution in [0.2, 0.25) is 5.02 Å². The highest BCUT2D eigenvalue weighted by Crippen LogP contribution is 2.28. The zero-order valence-corrected chi connectivity index (χ0v) is 9.56. The molecule has 0 bridgehead atoms. The Morgan fingerprint density at radius 1 is 1.64 bits per heavy atom. The number of Topliss-reactive ketones (excluding diaryl/α,β-unsaturated/α-hetero) is 1. The SMILES string of the molecule is CC(O)C(=O)c1ccc(Br)c(Cl)c1F. The van der Waals surface area contributed by atoms with Gasteiger partial charge in [0.05, 0.1) is 10.6 Å². The second-order valence-corrected chi connectivity index (χ2v) is 4.00. The average molecular weight is 282 g/mol. The summed E-state index contributed by atoms with van der Waals surface area (Å²) in [7, 11) is 0. The highest BCUT2D eigenvalue weighted by atomic mass is 79.9. The number of benzene rings is 1. The van der Waals surface area contributed by atoms with E-state index in [1.807, 2.05) is 0 Å². The van der Waals surface area contributed by atoms with Crippen molar-refractivity contribution in [2.75, 3.05) is 0 Å². The Morgan fingerprint density at radius 2 is 2.21 bits per heavy atom. The van der Waals surface area contributed by atoms with Crippen LogP contribution >= 0.6 is 27.5 Å². The van der Waals surface area contributed by atoms with Crippen molar-refractivity contribution in [2.24, 2.45) is 0 Å². The molecule has 1 N–H and O–H groups in total. The van der Waals surface area contributed by atoms with Gasteiger partial charge in [0.25, 0.3) is 0 Å². The first-order valence-corrected chi connectivity index (χ1v) is 4.98. The molecule has 2 nitrogen and oxygen atoms in total. The van der Waals surface area contributed by atoms with E-state index in [-0.39, 0.29) is 10.6 Å². The number of ketones is 1. The number of rotatable bonds is 2. The maximum absolute atomic E-state index is 13.4. The summed E-state index contributed by atoms with van der Waals surface area (Å²) in [5.74, 6) is -1.50. The third-order valence-electron chi connectivity index (χ3n) is 1.68. The van der Waals surface area contributed by atoms with Crippen molar-refractivity contribution in [3.8, 4) is 0 Å². The summed E-state index contributed by atoms with van der Waals surface area (Å²) in [4.78, 5) is 11.3. The standard InChI is InChI=1S/C9H7BrClFO2/c1-4(13)9(14)5-2-3-6(10)7(11)8(5)12/h2-4,13H,1H3. The Morgan fingerprint density at radius 3 is 2.71 bits per heavy atom. The monoisotopic (exact) mass is 280 g/mol. The van der Waals surface area contributed by atoms with Gasteiger partial charge in [0, 0.05) is 4.47 Å². The van der Waals surface area contributed by atoms with E-state index in [0.29, 0.717) is 4.47 Å². The van der Waals surface area contributed by atoms with E-state index in [4.69, 9.17) is 16.7 Å². The Kier molecular flexibility index (Phi) is 3.64. The Balaban J connectivity index is 3.24. The van der Waals surface area contributed by atoms with Crippen LogP contribution in [0, 0.1) is 5.82 Å². The van der Waals surface area contributed by atoms with Gasteiger partial charge in [-0.1, -0.05) is 11.6 Å². The van der Waals surface area contributed by atoms with Crippen LogP contribution in [-0.4, -0.2) is 17.0 Å². The lowest BCUT2D eigenvalue weighted by Gasteiger charge is -2.06. The minimum atomic E-state index is -1.23. The fourth-order valence-electron chi connectivity index (χ4n) is 0.941. The van der Waals surface area contributed by atoms with Gasteiger partial charge in [-0.15, -0.1) is 0 Å². The van der Waals surface area contributed by atoms with Gasteiger partial charge in [0.15, 0.2) is 11.6 Å². The van der Waals surface area contributed by atoms with Gasteiger partial charge < -0.3 is 5.11 Å². The Labute approximate surface area is 93.8 Å². The number of carbonyl (C=O) groups is 1. The third kappa shape index (κ3) is 2.13. The van der Waals surface area contributed by atoms with E-state index in [1.54, 1.807) is 0 Å². The third-order valence-corrected chi connectivity index (χ3v) is 2.94. The second kappa shape index (κ2) is 4.38. The molecule has 0 fully saturated rings. The van der Waals surface area contributed by atoms with Gasteiger partial charge in [-0.2, -0.15) is 0 Å². The zero-order valence-electron chi connectivity index (χ0n) is 7.22. The molecule has 14 heavy (non-hydrogen) atoms. The molecular formula is C9H7BrClFO2. The fraction of sp³-hybridized carbons (Fsp3) is 0.222. The molecule has 0 aliphatic carbocycles. The van der Waals surface area contributed by atoms with E-state index in [2.05, 4.69) is 15.9 Å². The molecule has 0 saturated carbocycles. The molecule has 1 aromatic rings. The van der Waals surface area contributed by atoms with Gasteiger partial charge in [-0.05, 0) is 35.0 Å². The molecule has 0 saturated heterocycles. The van der Waals surface area contributed by atoms with E-state index in [9.17, 15) is 9.18 Å². The summed E-state index contributed by atoms with van der Waals surface area (Å²) in [6.07, 6.45) is -1.23. The predicted octanol–water partition coefficient (Wildman–Crippen LogP) is 2.81. The highest BCUT2D eigenvalue weighted by Gasteiger charge is 2.19. The summed E-state index contributed by atoms with van der Waals surface area (Å²) < 4.78 is 13.8. The topological polar surface area (TPSA) is 37.3 Å². The molecule has 1 aromatic carbocycles. The first-order chi connectivity index (χ1) is 6.45. The summed E-state index contributed by atoms with van der Waals surface area (Å²) in [6, 6.07) is 2.74. The van der Waals surface area contributed by atoms with Crippen molar-refractivity contribution in [3.63, 3.8) is 0 Å². The molecule has 1 rings (SSSR count). The fourth-order valence-corrected chi connectivity index (χ4v) is 1.41. The minimum absolute atomic E-state index is 0.156. The number of hydrogen-bond donors (Lipinski definition) is 1. The molecule has 0 aliphatic rings. The molecule has 0 aromatic heterocycles. The highest BCUT2D eigenvalue weighted by molar-refractivity contribution is 9.10. The maximum atomic E-state index is 13.4. The summed E-state index contributed by atoms with van der Waals surface area (Å²) >= 11 is 8.60. The summed E-state index contributed by atoms with van der Waals surface area (Å²) in [6.45, 7) is 1.28. The van der Waals surface area contributed by atoms with Crippen molar-refractivity contribution in [3.05, 3.63) is 33.0 Å². The quantitative estimate of drug-likeness (QED) is 0.668. The minimum Gasteiger partial charge on any atom is -0.385 e. The molecular weight excluding hydrogens is 274 g/mol. The zero-order chi connectivity index (χ0) is 10.9. The number of hydrogen-bond acceptors (Lipinski definition) is 2. The normalized spacial score (nSPS) is 12.6. The van der Waals surface area contributed by atoms with Crippen LogP contribution in [0.1, 0.15) is 17.3 Å². The van der Waals surface area contributed by atoms with Gasteiger partial charge in [-0.3, -0.25) is 4.79 Å². The smallest absolute Gasteiger partial charge is 0.193 e. The molecule has 76 valence electrons. The van der Waals surface area contributed by atoms with Crippen LogP contribution in [0.5, 0.6) is 0 Å². The van der Waals surface area contributed by atoms with E-state index < -0.39 is 17.7 Å². The number of carbonyl (C=O) groups excluding carboxylic acids is 1. The number of aliphatic hydroxyl groups excluding tert-OH is 1. The van der Waals surface area contributed by atoms with Crippen molar-refractivity contribution in [1.82, 2.24) is 0 Å². The van der Waals surface area contributed by atoms with E-state index in [1.165, 1.54) is 19.1 Å². The van der Waals surface area contributed by atoms with Crippen LogP contribution in [0.15, 0.2) is 16.6 Å². The predicted molar refractivity (Wildman–Crippen MR) is 55.1 cm³/mol. The number of aliphatic hydroxyl groups is 1. The van der Waals surface area contributed by atoms with E-state index in [0.717, 1.165) is 0 Å². The van der Waals surface area contributed by atoms with Crippen molar-refractivity contribution in [1.29, 1.82) is 0 Å². The number of halogens is 3. The summed E-state index contributed by atoms with van der Waals surface area (Å²) in [5, 5.41) is 8.83. The molecule has 5 heteroatoms. The van der Waals surface area contributed by atoms with Crippen LogP contribution in [0.25, 0.3) is 0 Å². The van der Waals surface area contributed by atoms with Crippen LogP contribution in [-0.2, 0) is 0 Å². The van der Waals surface area contributed by atoms with Crippen LogP contribution in [0.3, 0.4) is 0 Å². The van der Waals surface area contributed by atoms with Crippen LogP contribution < -0.4 is 0 Å². The summed E-state index contributed by atoms with van der Waals surface area (Å²) in [5.41, 5.74) is -0.201. The Hall–Kier alpha value is -0.450. The average Bonchev–Trinajstić information content (AvgIpc) is 2.13. The Bertz CT molecular complexity index is 379. The molecule has 0 amide bonds. The first-order valence-electron chi connectivity index (χ1n) is 3.81. The van der Waals surface area contributed by atoms with E-state index >= 15 is 0 Å². The second-order valence-electron chi connectivity index (χ2n) is 2.76. The van der Waals surface area contributed by atoms with Crippen LogP contribution in [0.4, 0.5) is 4.39 Å². The molecule has 1 atom stereocenters. The van der Waals surface area contributed by atoms with Gasteiger partial charge in [-0.25, -0.2) is 4.39 Å². The van der Waals surface area contributed by atoms with Crippen molar-refractivity contribution in [2.45, 2.75) is 13.0 Å². The van der Waals surface area contributed by atoms with Crippen molar-refractivity contribution >= 4 is 33.3 Å². The lowest BCUT2D eigenvalue weighted by molar-refractivity contribution is 0.0775. The largest absolute Gasteiger partial charge is 0.385 e. The molecule has 0 aliphatic heterocycles. The van der Waals surface area contributed by atoms with Crippen molar-refractivity contribution < 1.29 is 14.3 Å². The molecule has 1 unspecified atom stereocenters. The lowest BCUT2D eigenvalue weighted by Crippen LogP contribution is -2.17. The molecule has 0 heterocycles. The maximum Gasteiger partial charge on any atom is 0.193 e. The van der Waals surface area contributed by atoms with Gasteiger partial charge >= 0.3 is 0 Å². The van der Waals surface area contributed by atoms with Gasteiger partial charge in [0.1, 0.15) is 6.10 Å². The van der Waals surface area contributed by atoms with Gasteiger partial charge in [0.2, 0.25) is 0 Å². The first kappa shape index (κ1) is 11.6. The molecule has 0 radical (unpaired) electrons. The molecule has 0 spiro atoms.